The summed E-state index contributed by atoms with van der Waals surface area (Å²) in [5, 5.41) is 9.84. The Bertz CT molecular complexity index is 371. The number of pyridine rings is 1. The van der Waals surface area contributed by atoms with Crippen molar-refractivity contribution in [3.05, 3.63) is 28.1 Å². The average molecular weight is 191 g/mol. The van der Waals surface area contributed by atoms with E-state index >= 15 is 0 Å². The van der Waals surface area contributed by atoms with Crippen LogP contribution in [0.4, 0.5) is 0 Å². The van der Waals surface area contributed by atoms with E-state index in [4.69, 9.17) is 0 Å². The molecule has 0 aliphatic heterocycles. The van der Waals surface area contributed by atoms with Gasteiger partial charge in [-0.25, -0.2) is 0 Å². The van der Waals surface area contributed by atoms with Gasteiger partial charge in [0.1, 0.15) is 0 Å². The van der Waals surface area contributed by atoms with E-state index in [2.05, 4.69) is 18.8 Å². The second-order valence-corrected chi connectivity index (χ2v) is 4.22. The summed E-state index contributed by atoms with van der Waals surface area (Å²) in [5.41, 5.74) is 5.87. The molecule has 0 bridgehead atoms. The Morgan fingerprint density at radius 3 is 2.64 bits per heavy atom. The van der Waals surface area contributed by atoms with Gasteiger partial charge in [-0.2, -0.15) is 0 Å². The molecule has 1 aliphatic rings. The van der Waals surface area contributed by atoms with Gasteiger partial charge in [0.25, 0.3) is 0 Å². The van der Waals surface area contributed by atoms with Crippen molar-refractivity contribution in [3.8, 4) is 0 Å². The van der Waals surface area contributed by atoms with Crippen molar-refractivity contribution in [3.63, 3.8) is 0 Å². The molecule has 0 saturated carbocycles. The van der Waals surface area contributed by atoms with E-state index in [0.29, 0.717) is 0 Å². The lowest BCUT2D eigenvalue weighted by molar-refractivity contribution is 0.151. The summed E-state index contributed by atoms with van der Waals surface area (Å²) < 4.78 is 0. The molecule has 2 heteroatoms. The lowest BCUT2D eigenvalue weighted by Crippen LogP contribution is -2.15. The van der Waals surface area contributed by atoms with Gasteiger partial charge < -0.3 is 5.11 Å². The lowest BCUT2D eigenvalue weighted by Gasteiger charge is -2.23. The van der Waals surface area contributed by atoms with E-state index < -0.39 is 0 Å². The van der Waals surface area contributed by atoms with Gasteiger partial charge in [-0.3, -0.25) is 4.98 Å². The Kier molecular flexibility index (Phi) is 2.31. The summed E-state index contributed by atoms with van der Waals surface area (Å²) in [6.07, 6.45) is 2.68. The van der Waals surface area contributed by atoms with E-state index in [1.165, 1.54) is 16.7 Å². The maximum atomic E-state index is 9.84. The SMILES string of the molecule is Cc1nc2c(c(C)c1C)CCCC2O. The minimum atomic E-state index is -0.336. The van der Waals surface area contributed by atoms with Crippen molar-refractivity contribution in [1.82, 2.24) is 4.98 Å². The second-order valence-electron chi connectivity index (χ2n) is 4.22. The van der Waals surface area contributed by atoms with Crippen molar-refractivity contribution >= 4 is 0 Å². The number of aliphatic hydroxyl groups excluding tert-OH is 1. The van der Waals surface area contributed by atoms with Crippen LogP contribution in [0.15, 0.2) is 0 Å². The molecule has 1 aromatic heterocycles. The number of aromatic nitrogens is 1. The lowest BCUT2D eigenvalue weighted by atomic mass is 9.88. The Labute approximate surface area is 85.0 Å². The second kappa shape index (κ2) is 3.35. The molecule has 0 aromatic carbocycles. The fourth-order valence-corrected chi connectivity index (χ4v) is 2.22. The minimum absolute atomic E-state index is 0.336. The zero-order chi connectivity index (χ0) is 10.3. The Balaban J connectivity index is 2.63. The van der Waals surface area contributed by atoms with Gasteiger partial charge in [0, 0.05) is 5.69 Å². The van der Waals surface area contributed by atoms with Gasteiger partial charge >= 0.3 is 0 Å². The Morgan fingerprint density at radius 2 is 1.93 bits per heavy atom. The molecule has 1 aromatic rings. The minimum Gasteiger partial charge on any atom is -0.387 e. The topological polar surface area (TPSA) is 33.1 Å². The molecule has 76 valence electrons. The summed E-state index contributed by atoms with van der Waals surface area (Å²) in [7, 11) is 0. The van der Waals surface area contributed by atoms with Crippen LogP contribution in [0.1, 0.15) is 47.0 Å². The fraction of sp³-hybridized carbons (Fsp3) is 0.583. The molecule has 0 amide bonds. The first-order chi connectivity index (χ1) is 6.61. The summed E-state index contributed by atoms with van der Waals surface area (Å²) in [6, 6.07) is 0. The Morgan fingerprint density at radius 1 is 1.21 bits per heavy atom. The third-order valence-electron chi connectivity index (χ3n) is 3.38. The van der Waals surface area contributed by atoms with Crippen molar-refractivity contribution < 1.29 is 5.11 Å². The molecule has 1 N–H and O–H groups in total. The summed E-state index contributed by atoms with van der Waals surface area (Å²) in [5.74, 6) is 0. The first-order valence-electron chi connectivity index (χ1n) is 5.26. The highest BCUT2D eigenvalue weighted by molar-refractivity contribution is 5.40. The van der Waals surface area contributed by atoms with Crippen LogP contribution in [-0.4, -0.2) is 10.1 Å². The standard InChI is InChI=1S/C12H17NO/c1-7-8(2)10-5-4-6-11(14)12(10)13-9(7)3/h11,14H,4-6H2,1-3H3. The average Bonchev–Trinajstić information content (AvgIpc) is 2.17. The zero-order valence-corrected chi connectivity index (χ0v) is 9.09. The predicted molar refractivity (Wildman–Crippen MR) is 56.3 cm³/mol. The molecule has 0 fully saturated rings. The number of aryl methyl sites for hydroxylation is 1. The van der Waals surface area contributed by atoms with Crippen LogP contribution < -0.4 is 0 Å². The van der Waals surface area contributed by atoms with E-state index in [-0.39, 0.29) is 6.10 Å². The van der Waals surface area contributed by atoms with Gasteiger partial charge in [0.2, 0.25) is 0 Å². The van der Waals surface area contributed by atoms with Crippen molar-refractivity contribution in [2.24, 2.45) is 0 Å². The third-order valence-corrected chi connectivity index (χ3v) is 3.38. The van der Waals surface area contributed by atoms with Crippen LogP contribution >= 0.6 is 0 Å². The van der Waals surface area contributed by atoms with E-state index in [1.807, 2.05) is 6.92 Å². The number of fused-ring (bicyclic) bond motifs is 1. The number of aliphatic hydroxyl groups is 1. The highest BCUT2D eigenvalue weighted by Crippen LogP contribution is 2.31. The molecule has 0 spiro atoms. The molecule has 1 unspecified atom stereocenters. The number of nitrogens with zero attached hydrogens (tertiary/aromatic N) is 1. The molecule has 2 rings (SSSR count). The highest BCUT2D eigenvalue weighted by Gasteiger charge is 2.22. The van der Waals surface area contributed by atoms with Crippen molar-refractivity contribution in [1.29, 1.82) is 0 Å². The summed E-state index contributed by atoms with van der Waals surface area (Å²) in [4.78, 5) is 4.51. The molecule has 0 radical (unpaired) electrons. The maximum Gasteiger partial charge on any atom is 0.0962 e. The molecule has 0 saturated heterocycles. The van der Waals surface area contributed by atoms with Crippen LogP contribution in [0.5, 0.6) is 0 Å². The normalized spacial score (nSPS) is 20.7. The third kappa shape index (κ3) is 1.34. The first-order valence-corrected chi connectivity index (χ1v) is 5.26. The predicted octanol–water partition coefficient (Wildman–Crippen LogP) is 2.38. The summed E-state index contributed by atoms with van der Waals surface area (Å²) in [6.45, 7) is 6.27. The molecular weight excluding hydrogens is 174 g/mol. The Hall–Kier alpha value is -0.890. The van der Waals surface area contributed by atoms with E-state index in [9.17, 15) is 5.11 Å². The maximum absolute atomic E-state index is 9.84. The van der Waals surface area contributed by atoms with Gasteiger partial charge in [0.15, 0.2) is 0 Å². The quantitative estimate of drug-likeness (QED) is 0.683. The van der Waals surface area contributed by atoms with Crippen LogP contribution in [0.25, 0.3) is 0 Å². The number of hydrogen-bond donors (Lipinski definition) is 1. The molecule has 1 aliphatic carbocycles. The van der Waals surface area contributed by atoms with Gasteiger partial charge in [-0.1, -0.05) is 0 Å². The van der Waals surface area contributed by atoms with Crippen molar-refractivity contribution in [2.45, 2.75) is 46.1 Å². The highest BCUT2D eigenvalue weighted by atomic mass is 16.3. The molecule has 14 heavy (non-hydrogen) atoms. The largest absolute Gasteiger partial charge is 0.387 e. The van der Waals surface area contributed by atoms with E-state index in [1.54, 1.807) is 0 Å². The van der Waals surface area contributed by atoms with Gasteiger partial charge in [0.05, 0.1) is 11.8 Å². The first kappa shape index (κ1) is 9.66. The molecule has 2 nitrogen and oxygen atoms in total. The van der Waals surface area contributed by atoms with Gasteiger partial charge in [-0.15, -0.1) is 0 Å². The molecule has 1 heterocycles. The van der Waals surface area contributed by atoms with Crippen LogP contribution in [-0.2, 0) is 6.42 Å². The fourth-order valence-electron chi connectivity index (χ4n) is 2.22. The van der Waals surface area contributed by atoms with Crippen molar-refractivity contribution in [2.75, 3.05) is 0 Å². The number of rotatable bonds is 0. The smallest absolute Gasteiger partial charge is 0.0962 e. The van der Waals surface area contributed by atoms with Crippen LogP contribution in [0.2, 0.25) is 0 Å². The van der Waals surface area contributed by atoms with E-state index in [0.717, 1.165) is 30.7 Å². The van der Waals surface area contributed by atoms with Crippen LogP contribution in [0, 0.1) is 20.8 Å². The van der Waals surface area contributed by atoms with Gasteiger partial charge in [-0.05, 0) is 56.7 Å². The van der Waals surface area contributed by atoms with Crippen LogP contribution in [0.3, 0.4) is 0 Å². The molecular formula is C12H17NO. The zero-order valence-electron chi connectivity index (χ0n) is 9.09. The number of hydrogen-bond acceptors (Lipinski definition) is 2. The monoisotopic (exact) mass is 191 g/mol. The molecule has 1 atom stereocenters. The summed E-state index contributed by atoms with van der Waals surface area (Å²) >= 11 is 0.